The van der Waals surface area contributed by atoms with Crippen LogP contribution in [-0.4, -0.2) is 17.6 Å². The van der Waals surface area contributed by atoms with Crippen LogP contribution in [0, 0.1) is 17.1 Å². The van der Waals surface area contributed by atoms with Gasteiger partial charge in [0.15, 0.2) is 5.69 Å². The molecular weight excluding hydrogens is 285 g/mol. The number of nitrogens with zero attached hydrogens (tertiary/aromatic N) is 2. The zero-order valence-corrected chi connectivity index (χ0v) is 11.1. The topological polar surface area (TPSA) is 81.0 Å². The maximum atomic E-state index is 13.2. The van der Waals surface area contributed by atoms with Gasteiger partial charge in [0, 0.05) is 11.9 Å². The number of hydrogen-bond acceptors (Lipinski definition) is 4. The van der Waals surface area contributed by atoms with E-state index in [4.69, 9.17) is 22.6 Å². The Morgan fingerprint density at radius 3 is 2.80 bits per heavy atom. The molecular formula is C13H9ClFN3O2. The first-order valence-electron chi connectivity index (χ1n) is 5.44. The summed E-state index contributed by atoms with van der Waals surface area (Å²) in [5.41, 5.74) is 6.25. The predicted octanol–water partition coefficient (Wildman–Crippen LogP) is 2.51. The molecule has 0 aliphatic carbocycles. The van der Waals surface area contributed by atoms with Gasteiger partial charge in [0.05, 0.1) is 23.4 Å². The quantitative estimate of drug-likeness (QED) is 0.863. The number of nitrogens with two attached hydrogens (primary N) is 1. The van der Waals surface area contributed by atoms with Crippen molar-refractivity contribution in [3.8, 4) is 11.8 Å². The van der Waals surface area contributed by atoms with Crippen LogP contribution in [0.2, 0.25) is 5.02 Å². The first-order valence-corrected chi connectivity index (χ1v) is 5.82. The minimum absolute atomic E-state index is 0.000188. The molecule has 0 aliphatic rings. The fourth-order valence-electron chi connectivity index (χ4n) is 1.75. The number of methoxy groups -OCH3 is 1. The number of esters is 1. The molecule has 2 N–H and O–H groups in total. The molecule has 2 rings (SSSR count). The van der Waals surface area contributed by atoms with Crippen molar-refractivity contribution in [3.63, 3.8) is 0 Å². The standard InChI is InChI=1S/C13H9ClFN3O2/c1-20-13(19)12-11(17)7(5-16)6-18(12)8-2-3-10(15)9(14)4-8/h2-4,6H,17H2,1H3. The molecule has 0 atom stereocenters. The summed E-state index contributed by atoms with van der Waals surface area (Å²) in [7, 11) is 1.20. The van der Waals surface area contributed by atoms with E-state index in [0.29, 0.717) is 5.69 Å². The molecule has 1 aromatic heterocycles. The van der Waals surface area contributed by atoms with Gasteiger partial charge in [-0.3, -0.25) is 0 Å². The van der Waals surface area contributed by atoms with Crippen molar-refractivity contribution in [1.29, 1.82) is 5.26 Å². The molecule has 2 aromatic rings. The third-order valence-corrected chi connectivity index (χ3v) is 3.01. The van der Waals surface area contributed by atoms with Gasteiger partial charge in [-0.25, -0.2) is 9.18 Å². The number of anilines is 1. The Morgan fingerprint density at radius 1 is 1.55 bits per heavy atom. The maximum Gasteiger partial charge on any atom is 0.357 e. The number of nitrogen functional groups attached to an aromatic ring is 1. The lowest BCUT2D eigenvalue weighted by Gasteiger charge is -2.09. The summed E-state index contributed by atoms with van der Waals surface area (Å²) >= 11 is 5.71. The minimum Gasteiger partial charge on any atom is -0.464 e. The molecule has 0 fully saturated rings. The number of carbonyl (C=O) groups is 1. The Balaban J connectivity index is 2.70. The Labute approximate surface area is 118 Å². The highest BCUT2D eigenvalue weighted by atomic mass is 35.5. The molecule has 1 heterocycles. The van der Waals surface area contributed by atoms with Crippen molar-refractivity contribution in [3.05, 3.63) is 46.5 Å². The third-order valence-electron chi connectivity index (χ3n) is 2.72. The van der Waals surface area contributed by atoms with Crippen molar-refractivity contribution in [2.45, 2.75) is 0 Å². The van der Waals surface area contributed by atoms with E-state index < -0.39 is 11.8 Å². The summed E-state index contributed by atoms with van der Waals surface area (Å²) in [4.78, 5) is 11.8. The second-order valence-corrected chi connectivity index (χ2v) is 4.28. The Morgan fingerprint density at radius 2 is 2.25 bits per heavy atom. The lowest BCUT2D eigenvalue weighted by molar-refractivity contribution is 0.0593. The molecule has 0 radical (unpaired) electrons. The highest BCUT2D eigenvalue weighted by Gasteiger charge is 2.21. The van der Waals surface area contributed by atoms with Crippen LogP contribution in [-0.2, 0) is 4.74 Å². The van der Waals surface area contributed by atoms with Crippen molar-refractivity contribution >= 4 is 23.3 Å². The van der Waals surface area contributed by atoms with Crippen LogP contribution in [0.1, 0.15) is 16.1 Å². The van der Waals surface area contributed by atoms with Gasteiger partial charge in [-0.1, -0.05) is 11.6 Å². The Hall–Kier alpha value is -2.52. The summed E-state index contributed by atoms with van der Waals surface area (Å²) < 4.78 is 19.2. The van der Waals surface area contributed by atoms with Crippen LogP contribution < -0.4 is 5.73 Å². The van der Waals surface area contributed by atoms with E-state index in [0.717, 1.165) is 6.07 Å². The molecule has 5 nitrogen and oxygen atoms in total. The van der Waals surface area contributed by atoms with E-state index in [9.17, 15) is 9.18 Å². The zero-order chi connectivity index (χ0) is 14.9. The molecule has 0 amide bonds. The first kappa shape index (κ1) is 13.9. The number of aromatic nitrogens is 1. The fraction of sp³-hybridized carbons (Fsp3) is 0.0769. The van der Waals surface area contributed by atoms with Gasteiger partial charge in [0.25, 0.3) is 0 Å². The molecule has 1 aromatic carbocycles. The molecule has 102 valence electrons. The summed E-state index contributed by atoms with van der Waals surface area (Å²) in [6, 6.07) is 5.76. The van der Waals surface area contributed by atoms with Crippen molar-refractivity contribution in [2.24, 2.45) is 0 Å². The van der Waals surface area contributed by atoms with E-state index >= 15 is 0 Å². The summed E-state index contributed by atoms with van der Waals surface area (Å²) in [5.74, 6) is -1.29. The van der Waals surface area contributed by atoms with Crippen LogP contribution in [0.4, 0.5) is 10.1 Å². The van der Waals surface area contributed by atoms with Gasteiger partial charge in [-0.2, -0.15) is 5.26 Å². The van der Waals surface area contributed by atoms with Crippen LogP contribution in [0.3, 0.4) is 0 Å². The van der Waals surface area contributed by atoms with Crippen LogP contribution in [0.15, 0.2) is 24.4 Å². The maximum absolute atomic E-state index is 13.2. The normalized spacial score (nSPS) is 10.1. The highest BCUT2D eigenvalue weighted by molar-refractivity contribution is 6.30. The number of benzene rings is 1. The largest absolute Gasteiger partial charge is 0.464 e. The van der Waals surface area contributed by atoms with E-state index in [2.05, 4.69) is 4.74 Å². The lowest BCUT2D eigenvalue weighted by Crippen LogP contribution is -2.11. The molecule has 0 aliphatic heterocycles. The second kappa shape index (κ2) is 5.23. The van der Waals surface area contributed by atoms with Gasteiger partial charge in [-0.15, -0.1) is 0 Å². The average Bonchev–Trinajstić information content (AvgIpc) is 2.78. The fourth-order valence-corrected chi connectivity index (χ4v) is 1.93. The number of hydrogen-bond donors (Lipinski definition) is 1. The summed E-state index contributed by atoms with van der Waals surface area (Å²) in [6.07, 6.45) is 1.37. The van der Waals surface area contributed by atoms with Gasteiger partial charge < -0.3 is 15.0 Å². The lowest BCUT2D eigenvalue weighted by atomic mass is 10.2. The molecule has 0 bridgehead atoms. The number of nitriles is 1. The number of ether oxygens (including phenoxy) is 1. The molecule has 7 heteroatoms. The number of carbonyl (C=O) groups excluding carboxylic acids is 1. The van der Waals surface area contributed by atoms with Crippen molar-refractivity contribution in [1.82, 2.24) is 4.57 Å². The first-order chi connectivity index (χ1) is 9.49. The third kappa shape index (κ3) is 2.19. The molecule has 0 saturated heterocycles. The number of rotatable bonds is 2. The minimum atomic E-state index is -0.704. The monoisotopic (exact) mass is 293 g/mol. The van der Waals surface area contributed by atoms with E-state index in [1.54, 1.807) is 0 Å². The van der Waals surface area contributed by atoms with Crippen LogP contribution >= 0.6 is 11.6 Å². The van der Waals surface area contributed by atoms with Crippen LogP contribution in [0.5, 0.6) is 0 Å². The zero-order valence-electron chi connectivity index (χ0n) is 10.4. The molecule has 0 spiro atoms. The summed E-state index contributed by atoms with van der Waals surface area (Å²) in [6.45, 7) is 0. The van der Waals surface area contributed by atoms with Gasteiger partial charge in [-0.05, 0) is 18.2 Å². The molecule has 20 heavy (non-hydrogen) atoms. The van der Waals surface area contributed by atoms with Gasteiger partial charge in [0.2, 0.25) is 0 Å². The highest BCUT2D eigenvalue weighted by Crippen LogP contribution is 2.26. The molecule has 0 unspecified atom stereocenters. The predicted molar refractivity (Wildman–Crippen MR) is 71.2 cm³/mol. The smallest absolute Gasteiger partial charge is 0.357 e. The second-order valence-electron chi connectivity index (χ2n) is 3.88. The Bertz CT molecular complexity index is 734. The summed E-state index contributed by atoms with van der Waals surface area (Å²) in [5, 5.41) is 8.87. The van der Waals surface area contributed by atoms with Gasteiger partial charge >= 0.3 is 5.97 Å². The van der Waals surface area contributed by atoms with Crippen LogP contribution in [0.25, 0.3) is 5.69 Å². The van der Waals surface area contributed by atoms with Crippen molar-refractivity contribution < 1.29 is 13.9 Å². The van der Waals surface area contributed by atoms with E-state index in [1.807, 2.05) is 6.07 Å². The van der Waals surface area contributed by atoms with E-state index in [-0.39, 0.29) is 22.0 Å². The van der Waals surface area contributed by atoms with Crippen molar-refractivity contribution in [2.75, 3.05) is 12.8 Å². The average molecular weight is 294 g/mol. The van der Waals surface area contributed by atoms with Gasteiger partial charge in [0.1, 0.15) is 11.9 Å². The van der Waals surface area contributed by atoms with E-state index in [1.165, 1.54) is 30.0 Å². The SMILES string of the molecule is COC(=O)c1c(N)c(C#N)cn1-c1ccc(F)c(Cl)c1. The Kier molecular flexibility index (Phi) is 3.63. The number of halogens is 2. The molecule has 0 saturated carbocycles.